The van der Waals surface area contributed by atoms with E-state index in [2.05, 4.69) is 9.97 Å². The number of thiazole rings is 1. The first kappa shape index (κ1) is 15.7. The van der Waals surface area contributed by atoms with Crippen molar-refractivity contribution in [2.75, 3.05) is 5.75 Å². The molecule has 4 aromatic rings. The van der Waals surface area contributed by atoms with Gasteiger partial charge >= 0.3 is 5.69 Å². The third-order valence-electron chi connectivity index (χ3n) is 3.76. The van der Waals surface area contributed by atoms with Gasteiger partial charge in [0.1, 0.15) is 0 Å². The van der Waals surface area contributed by atoms with Crippen molar-refractivity contribution in [3.8, 4) is 0 Å². The molecule has 0 unspecified atom stereocenters. The van der Waals surface area contributed by atoms with Gasteiger partial charge in [-0.05, 0) is 36.8 Å². The summed E-state index contributed by atoms with van der Waals surface area (Å²) in [5.74, 6) is 0.916. The molecule has 0 saturated carbocycles. The Labute approximate surface area is 151 Å². The fourth-order valence-electron chi connectivity index (χ4n) is 2.65. The molecule has 0 spiro atoms. The Balaban J connectivity index is 1.41. The van der Waals surface area contributed by atoms with Crippen molar-refractivity contribution in [2.45, 2.75) is 17.3 Å². The Hall–Kier alpha value is -1.76. The maximum absolute atomic E-state index is 12.0. The average Bonchev–Trinajstić information content (AvgIpc) is 3.11. The van der Waals surface area contributed by atoms with Crippen LogP contribution in [0.15, 0.2) is 51.6 Å². The number of H-pyrrole nitrogens is 1. The number of aromatic amines is 1. The number of hydrogen-bond acceptors (Lipinski definition) is 4. The van der Waals surface area contributed by atoms with E-state index < -0.39 is 0 Å². The molecule has 0 saturated heterocycles. The highest BCUT2D eigenvalue weighted by atomic mass is 35.5. The van der Waals surface area contributed by atoms with Crippen molar-refractivity contribution in [2.24, 2.45) is 0 Å². The molecular weight excluding hydrogens is 362 g/mol. The van der Waals surface area contributed by atoms with Crippen LogP contribution in [0.3, 0.4) is 0 Å². The third-order valence-corrected chi connectivity index (χ3v) is 6.26. The third kappa shape index (κ3) is 3.09. The molecule has 0 aliphatic heterocycles. The van der Waals surface area contributed by atoms with E-state index in [1.54, 1.807) is 27.7 Å². The molecule has 0 aliphatic carbocycles. The Morgan fingerprint density at radius 3 is 3.04 bits per heavy atom. The second kappa shape index (κ2) is 6.63. The number of para-hydroxylation sites is 2. The van der Waals surface area contributed by atoms with Gasteiger partial charge in [-0.3, -0.25) is 4.57 Å². The number of benzene rings is 2. The zero-order valence-electron chi connectivity index (χ0n) is 12.7. The minimum absolute atomic E-state index is 0.0455. The lowest BCUT2D eigenvalue weighted by molar-refractivity contribution is 0.679. The maximum Gasteiger partial charge on any atom is 0.326 e. The lowest BCUT2D eigenvalue weighted by atomic mass is 10.3. The smallest absolute Gasteiger partial charge is 0.306 e. The highest BCUT2D eigenvalue weighted by Crippen LogP contribution is 2.31. The number of aromatic nitrogens is 3. The zero-order chi connectivity index (χ0) is 16.5. The minimum Gasteiger partial charge on any atom is -0.306 e. The topological polar surface area (TPSA) is 50.7 Å². The van der Waals surface area contributed by atoms with E-state index in [0.717, 1.165) is 37.8 Å². The van der Waals surface area contributed by atoms with Gasteiger partial charge in [0.2, 0.25) is 0 Å². The molecule has 24 heavy (non-hydrogen) atoms. The second-order valence-corrected chi connectivity index (χ2v) is 8.20. The highest BCUT2D eigenvalue weighted by molar-refractivity contribution is 8.01. The standard InChI is InChI=1S/C17H14ClN3OS2/c18-11-6-7-15-13(10-11)20-17(24-15)23-9-3-8-21-14-5-2-1-4-12(14)19-16(21)22/h1-2,4-7,10H,3,8-9H2,(H,19,22). The Kier molecular flexibility index (Phi) is 4.35. The summed E-state index contributed by atoms with van der Waals surface area (Å²) >= 11 is 9.40. The molecule has 4 rings (SSSR count). The van der Waals surface area contributed by atoms with Crippen LogP contribution in [0.2, 0.25) is 5.02 Å². The molecule has 7 heteroatoms. The van der Waals surface area contributed by atoms with E-state index >= 15 is 0 Å². The van der Waals surface area contributed by atoms with Crippen LogP contribution in [0.1, 0.15) is 6.42 Å². The first-order chi connectivity index (χ1) is 11.7. The van der Waals surface area contributed by atoms with E-state index in [9.17, 15) is 4.79 Å². The van der Waals surface area contributed by atoms with Crippen molar-refractivity contribution >= 4 is 55.9 Å². The van der Waals surface area contributed by atoms with Crippen LogP contribution in [0, 0.1) is 0 Å². The molecule has 2 aromatic heterocycles. The number of nitrogens with zero attached hydrogens (tertiary/aromatic N) is 2. The molecule has 2 aromatic carbocycles. The number of thioether (sulfide) groups is 1. The summed E-state index contributed by atoms with van der Waals surface area (Å²) in [5, 5.41) is 0.711. The van der Waals surface area contributed by atoms with E-state index in [4.69, 9.17) is 11.6 Å². The largest absolute Gasteiger partial charge is 0.326 e. The van der Waals surface area contributed by atoms with Crippen LogP contribution in [-0.2, 0) is 6.54 Å². The Morgan fingerprint density at radius 2 is 2.12 bits per heavy atom. The predicted molar refractivity (Wildman–Crippen MR) is 103 cm³/mol. The van der Waals surface area contributed by atoms with Crippen LogP contribution in [0.5, 0.6) is 0 Å². The van der Waals surface area contributed by atoms with Gasteiger partial charge < -0.3 is 4.98 Å². The van der Waals surface area contributed by atoms with E-state index in [1.807, 2.05) is 42.5 Å². The number of rotatable bonds is 5. The average molecular weight is 376 g/mol. The number of fused-ring (bicyclic) bond motifs is 2. The zero-order valence-corrected chi connectivity index (χ0v) is 15.0. The number of nitrogens with one attached hydrogen (secondary N) is 1. The van der Waals surface area contributed by atoms with Crippen LogP contribution in [-0.4, -0.2) is 20.3 Å². The molecule has 0 amide bonds. The van der Waals surface area contributed by atoms with Gasteiger partial charge in [-0.2, -0.15) is 0 Å². The lowest BCUT2D eigenvalue weighted by Crippen LogP contribution is -2.17. The highest BCUT2D eigenvalue weighted by Gasteiger charge is 2.07. The van der Waals surface area contributed by atoms with Crippen LogP contribution < -0.4 is 5.69 Å². The Bertz CT molecular complexity index is 1070. The van der Waals surface area contributed by atoms with Gasteiger partial charge in [0.25, 0.3) is 0 Å². The lowest BCUT2D eigenvalue weighted by Gasteiger charge is -2.02. The van der Waals surface area contributed by atoms with Crippen molar-refractivity contribution in [1.29, 1.82) is 0 Å². The predicted octanol–water partition coefficient (Wildman–Crippen LogP) is 4.78. The van der Waals surface area contributed by atoms with Crippen molar-refractivity contribution < 1.29 is 0 Å². The van der Waals surface area contributed by atoms with Crippen LogP contribution in [0.25, 0.3) is 21.3 Å². The van der Waals surface area contributed by atoms with Crippen molar-refractivity contribution in [1.82, 2.24) is 14.5 Å². The molecule has 4 nitrogen and oxygen atoms in total. The molecule has 0 fully saturated rings. The molecular formula is C17H14ClN3OS2. The number of imidazole rings is 1. The first-order valence-corrected chi connectivity index (χ1v) is 9.75. The molecule has 2 heterocycles. The van der Waals surface area contributed by atoms with Gasteiger partial charge in [0.15, 0.2) is 4.34 Å². The summed E-state index contributed by atoms with van der Waals surface area (Å²) in [6.45, 7) is 0.701. The van der Waals surface area contributed by atoms with E-state index in [1.165, 1.54) is 0 Å². The van der Waals surface area contributed by atoms with Gasteiger partial charge in [-0.25, -0.2) is 9.78 Å². The fraction of sp³-hybridized carbons (Fsp3) is 0.176. The number of aryl methyl sites for hydroxylation is 1. The molecule has 0 bridgehead atoms. The van der Waals surface area contributed by atoms with Gasteiger partial charge in [-0.15, -0.1) is 11.3 Å². The van der Waals surface area contributed by atoms with E-state index in [0.29, 0.717) is 11.6 Å². The van der Waals surface area contributed by atoms with Crippen molar-refractivity contribution in [3.05, 3.63) is 58.0 Å². The number of hydrogen-bond donors (Lipinski definition) is 1. The van der Waals surface area contributed by atoms with E-state index in [-0.39, 0.29) is 5.69 Å². The molecule has 0 atom stereocenters. The summed E-state index contributed by atoms with van der Waals surface area (Å²) in [6, 6.07) is 13.6. The summed E-state index contributed by atoms with van der Waals surface area (Å²) in [6.07, 6.45) is 0.906. The molecule has 1 N–H and O–H groups in total. The fourth-order valence-corrected chi connectivity index (χ4v) is 4.86. The quantitative estimate of drug-likeness (QED) is 0.403. The summed E-state index contributed by atoms with van der Waals surface area (Å²) in [7, 11) is 0. The van der Waals surface area contributed by atoms with Crippen LogP contribution >= 0.6 is 34.7 Å². The molecule has 0 aliphatic rings. The monoisotopic (exact) mass is 375 g/mol. The van der Waals surface area contributed by atoms with Gasteiger partial charge in [0.05, 0.1) is 21.3 Å². The normalized spacial score (nSPS) is 11.5. The number of halogens is 1. The SMILES string of the molecule is O=c1[nH]c2ccccc2n1CCCSc1nc2cc(Cl)ccc2s1. The first-order valence-electron chi connectivity index (χ1n) is 7.57. The second-order valence-electron chi connectivity index (χ2n) is 5.39. The van der Waals surface area contributed by atoms with Gasteiger partial charge in [0, 0.05) is 17.3 Å². The van der Waals surface area contributed by atoms with Crippen molar-refractivity contribution in [3.63, 3.8) is 0 Å². The summed E-state index contributed by atoms with van der Waals surface area (Å²) in [4.78, 5) is 19.5. The Morgan fingerprint density at radius 1 is 1.25 bits per heavy atom. The van der Waals surface area contributed by atoms with Gasteiger partial charge in [-0.1, -0.05) is 35.5 Å². The maximum atomic E-state index is 12.0. The summed E-state index contributed by atoms with van der Waals surface area (Å²) < 4.78 is 3.99. The minimum atomic E-state index is -0.0455. The van der Waals surface area contributed by atoms with Crippen LogP contribution in [0.4, 0.5) is 0 Å². The molecule has 122 valence electrons. The summed E-state index contributed by atoms with van der Waals surface area (Å²) in [5.41, 5.74) is 2.75. The molecule has 0 radical (unpaired) electrons.